The first-order valence-corrected chi connectivity index (χ1v) is 19.4. The molecule has 3 aliphatic heterocycles. The maximum atomic E-state index is 13.9. The molecule has 1 fully saturated rings. The first kappa shape index (κ1) is 37.8. The molecule has 3 aromatic rings. The molecule has 0 aromatic heterocycles. The van der Waals surface area contributed by atoms with E-state index in [9.17, 15) is 4.79 Å². The van der Waals surface area contributed by atoms with Crippen LogP contribution < -0.4 is 43.4 Å². The molecule has 3 aromatic carbocycles. The molecule has 0 unspecified atom stereocenters. The summed E-state index contributed by atoms with van der Waals surface area (Å²) in [5.74, 6) is 1.84. The Morgan fingerprint density at radius 2 is 1.54 bits per heavy atom. The van der Waals surface area contributed by atoms with Crippen molar-refractivity contribution in [3.8, 4) is 11.5 Å². The van der Waals surface area contributed by atoms with Gasteiger partial charge in [0.2, 0.25) is 5.36 Å². The summed E-state index contributed by atoms with van der Waals surface area (Å²) < 4.78 is 49.4. The summed E-state index contributed by atoms with van der Waals surface area (Å²) in [6.07, 6.45) is 9.44. The van der Waals surface area contributed by atoms with Gasteiger partial charge >= 0.3 is 5.97 Å². The number of allylic oxidation sites excluding steroid dienone is 2. The lowest BCUT2D eigenvalue weighted by Gasteiger charge is -2.43. The molecular formula is C42H49ClN2O7. The van der Waals surface area contributed by atoms with Gasteiger partial charge in [-0.3, -0.25) is 0 Å². The zero-order valence-electron chi connectivity index (χ0n) is 31.4. The van der Waals surface area contributed by atoms with E-state index in [0.29, 0.717) is 18.1 Å². The topological polar surface area (TPSA) is 134 Å². The third-order valence-corrected chi connectivity index (χ3v) is 10.9. The van der Waals surface area contributed by atoms with Crippen LogP contribution in [0.4, 0.5) is 5.69 Å². The van der Waals surface area contributed by atoms with Crippen molar-refractivity contribution < 1.29 is 43.1 Å². The number of ether oxygens (including phenoxy) is 2. The van der Waals surface area contributed by atoms with Crippen LogP contribution in [-0.4, -0.2) is 36.7 Å². The molecule has 0 bridgehead atoms. The number of anilines is 1. The van der Waals surface area contributed by atoms with Crippen LogP contribution in [0.3, 0.4) is 0 Å². The fraction of sp³-hybridized carbons (Fsp3) is 0.429. The van der Waals surface area contributed by atoms with E-state index in [2.05, 4.69) is 107 Å². The van der Waals surface area contributed by atoms with Gasteiger partial charge in [0.05, 0.1) is 23.8 Å². The highest BCUT2D eigenvalue weighted by Gasteiger charge is 2.36. The molecule has 10 heteroatoms. The highest BCUT2D eigenvalue weighted by Crippen LogP contribution is 2.46. The Hall–Kier alpha value is -3.99. The Balaban J connectivity index is 0.000000870. The lowest BCUT2D eigenvalue weighted by Crippen LogP contribution is -2.68. The minimum Gasteiger partial charge on any atom is -0.462 e. The average Bonchev–Trinajstić information content (AvgIpc) is 3.58. The van der Waals surface area contributed by atoms with Crippen molar-refractivity contribution in [2.75, 3.05) is 24.6 Å². The predicted molar refractivity (Wildman–Crippen MR) is 193 cm³/mol. The number of likely N-dealkylation sites (N-methyl/N-ethyl adjacent to an activating group) is 2. The van der Waals surface area contributed by atoms with Crippen LogP contribution in [0, 0.1) is 16.2 Å². The number of hydrogen-bond acceptors (Lipinski definition) is 8. The highest BCUT2D eigenvalue weighted by atomic mass is 35.7. The molecule has 7 rings (SSSR count). The first-order valence-electron chi connectivity index (χ1n) is 18.2. The number of nitrogens with zero attached hydrogens (tertiary/aromatic N) is 2. The molecule has 0 atom stereocenters. The van der Waals surface area contributed by atoms with E-state index < -0.39 is 10.2 Å². The van der Waals surface area contributed by atoms with Crippen LogP contribution in [0.15, 0.2) is 60.7 Å². The molecule has 0 spiro atoms. The monoisotopic (exact) mass is 728 g/mol. The summed E-state index contributed by atoms with van der Waals surface area (Å²) in [5, 5.41) is 2.18. The van der Waals surface area contributed by atoms with Gasteiger partial charge in [-0.1, -0.05) is 37.1 Å². The molecule has 0 N–H and O–H groups in total. The van der Waals surface area contributed by atoms with Crippen molar-refractivity contribution in [2.45, 2.75) is 92.2 Å². The van der Waals surface area contributed by atoms with Crippen molar-refractivity contribution in [1.29, 1.82) is 0 Å². The zero-order valence-corrected chi connectivity index (χ0v) is 32.2. The highest BCUT2D eigenvalue weighted by molar-refractivity contribution is 6.00. The smallest absolute Gasteiger partial charge is 0.338 e. The number of halogens is 1. The summed E-state index contributed by atoms with van der Waals surface area (Å²) in [4.78, 5) is 16.3. The number of rotatable bonds is 6. The third kappa shape index (κ3) is 7.30. The lowest BCUT2D eigenvalue weighted by molar-refractivity contribution is -2.00. The van der Waals surface area contributed by atoms with E-state index >= 15 is 0 Å². The number of esters is 1. The maximum Gasteiger partial charge on any atom is 0.338 e. The van der Waals surface area contributed by atoms with E-state index in [4.69, 9.17) is 28.1 Å². The van der Waals surface area contributed by atoms with E-state index in [1.54, 1.807) is 0 Å². The Morgan fingerprint density at radius 1 is 0.885 bits per heavy atom. The molecule has 4 aliphatic rings. The molecule has 9 nitrogen and oxygen atoms in total. The molecule has 0 saturated heterocycles. The summed E-state index contributed by atoms with van der Waals surface area (Å²) in [6.45, 7) is 20.2. The minimum absolute atomic E-state index is 0.120. The van der Waals surface area contributed by atoms with Gasteiger partial charge in [0.15, 0.2) is 5.54 Å². The first-order chi connectivity index (χ1) is 24.4. The molecule has 3 heterocycles. The van der Waals surface area contributed by atoms with Gasteiger partial charge in [0.1, 0.15) is 18.0 Å². The van der Waals surface area contributed by atoms with Crippen LogP contribution >= 0.6 is 0 Å². The minimum atomic E-state index is -4.94. The zero-order chi connectivity index (χ0) is 37.7. The standard InChI is InChI=1S/C42H49N2O3.ClHO4/c1-9-43-35-21-37-33(19-31(35)26(3)23-41(43,5)6)39(29-17-13-14-18-30(29)40(45)46-25-28-15-11-12-16-28)34-20-32-27(4)24-42(7,8)44(10-2)36(32)22-38(34)47-37;2-1(3,4)5/h13-14,17-24,28H,9-12,15-16,25H2,1-8H3;(H,2,3,4,5)/q+1;/p-1. The van der Waals surface area contributed by atoms with Gasteiger partial charge in [-0.25, -0.2) is 28.0 Å². The Bertz CT molecular complexity index is 2100. The van der Waals surface area contributed by atoms with Crippen LogP contribution in [0.1, 0.15) is 114 Å². The number of hydrogen-bond donors (Lipinski definition) is 0. The molecular weight excluding hydrogens is 680 g/mol. The van der Waals surface area contributed by atoms with Crippen LogP contribution in [0.5, 0.6) is 11.5 Å². The van der Waals surface area contributed by atoms with Crippen molar-refractivity contribution in [3.63, 3.8) is 0 Å². The fourth-order valence-corrected chi connectivity index (χ4v) is 8.80. The van der Waals surface area contributed by atoms with E-state index in [1.165, 1.54) is 46.2 Å². The Labute approximate surface area is 308 Å². The quantitative estimate of drug-likeness (QED) is 0.218. The number of benzene rings is 3. The van der Waals surface area contributed by atoms with Gasteiger partial charge in [-0.2, -0.15) is 0 Å². The second-order valence-corrected chi connectivity index (χ2v) is 16.1. The van der Waals surface area contributed by atoms with Crippen molar-refractivity contribution in [1.82, 2.24) is 4.58 Å². The van der Waals surface area contributed by atoms with Crippen molar-refractivity contribution in [3.05, 3.63) is 99.1 Å². The SMILES string of the molecule is CCN1c2cc3c(cc2C(C)=CC1(C)C)C(c1ccccc1C(=O)OCC1CCCC1)=c1cc2c(cc1O3)=[N+](CC)C(C)(C)C=C2C.[O-][Cl+3]([O-])([O-])[O-]. The van der Waals surface area contributed by atoms with E-state index in [0.717, 1.165) is 59.3 Å². The third-order valence-electron chi connectivity index (χ3n) is 10.9. The normalized spacial score (nSPS) is 18.5. The van der Waals surface area contributed by atoms with Crippen molar-refractivity contribution >= 4 is 28.4 Å². The Morgan fingerprint density at radius 3 is 2.19 bits per heavy atom. The predicted octanol–water partition coefficient (Wildman–Crippen LogP) is 3.36. The van der Waals surface area contributed by atoms with Crippen molar-refractivity contribution in [2.24, 2.45) is 5.92 Å². The fourth-order valence-electron chi connectivity index (χ4n) is 8.80. The van der Waals surface area contributed by atoms with Crippen LogP contribution in [-0.2, 0) is 4.74 Å². The Kier molecular flexibility index (Phi) is 10.2. The van der Waals surface area contributed by atoms with Gasteiger partial charge in [0.25, 0.3) is 0 Å². The molecule has 276 valence electrons. The lowest BCUT2D eigenvalue weighted by atomic mass is 9.83. The summed E-state index contributed by atoms with van der Waals surface area (Å²) in [5.41, 5.74) is 9.32. The summed E-state index contributed by atoms with van der Waals surface area (Å²) >= 11 is 0. The number of fused-ring (bicyclic) bond motifs is 4. The maximum absolute atomic E-state index is 13.9. The number of carbonyl (C=O) groups is 1. The molecule has 1 aliphatic carbocycles. The van der Waals surface area contributed by atoms with Gasteiger partial charge in [-0.15, -0.1) is 10.2 Å². The molecule has 0 radical (unpaired) electrons. The van der Waals surface area contributed by atoms with Gasteiger partial charge in [0, 0.05) is 59.6 Å². The summed E-state index contributed by atoms with van der Waals surface area (Å²) in [7, 11) is -4.94. The molecule has 1 saturated carbocycles. The van der Waals surface area contributed by atoms with Gasteiger partial charge < -0.3 is 14.4 Å². The van der Waals surface area contributed by atoms with Gasteiger partial charge in [-0.05, 0) is 101 Å². The van der Waals surface area contributed by atoms with Crippen LogP contribution in [0.25, 0.3) is 16.7 Å². The van der Waals surface area contributed by atoms with E-state index in [1.807, 2.05) is 18.2 Å². The summed E-state index contributed by atoms with van der Waals surface area (Å²) in [6, 6.07) is 17.0. The van der Waals surface area contributed by atoms with Crippen LogP contribution in [0.2, 0.25) is 0 Å². The van der Waals surface area contributed by atoms with E-state index in [-0.39, 0.29) is 17.0 Å². The largest absolute Gasteiger partial charge is 0.462 e. The number of carbonyl (C=O) groups excluding carboxylic acids is 1. The molecule has 0 amide bonds. The molecule has 52 heavy (non-hydrogen) atoms. The average molecular weight is 729 g/mol. The second-order valence-electron chi connectivity index (χ2n) is 15.3. The second kappa shape index (κ2) is 14.1.